The summed E-state index contributed by atoms with van der Waals surface area (Å²) < 4.78 is 0. The Morgan fingerprint density at radius 1 is 1.53 bits per heavy atom. The molecular weight excluding hydrogens is 216 g/mol. The van der Waals surface area contributed by atoms with Gasteiger partial charge in [0.25, 0.3) is 0 Å². The van der Waals surface area contributed by atoms with Crippen molar-refractivity contribution < 1.29 is 9.63 Å². The van der Waals surface area contributed by atoms with Crippen LogP contribution in [0.15, 0.2) is 0 Å². The Bertz CT molecular complexity index is 246. The third-order valence-corrected chi connectivity index (χ3v) is 3.48. The zero-order chi connectivity index (χ0) is 12.9. The molecule has 0 aromatic rings. The van der Waals surface area contributed by atoms with Crippen LogP contribution in [0.2, 0.25) is 0 Å². The highest BCUT2D eigenvalue weighted by atomic mass is 16.7. The third-order valence-electron chi connectivity index (χ3n) is 3.48. The van der Waals surface area contributed by atoms with Crippen molar-refractivity contribution >= 4 is 5.91 Å². The summed E-state index contributed by atoms with van der Waals surface area (Å²) in [4.78, 5) is 17.3. The van der Waals surface area contributed by atoms with E-state index in [4.69, 9.17) is 4.84 Å². The van der Waals surface area contributed by atoms with Gasteiger partial charge < -0.3 is 5.32 Å². The standard InChI is InChI=1S/C13H26N2O2/c1-10(2)9-17-15-12(16)13(3,4)11-6-5-7-14-8-11/h10-11,14H,5-9H2,1-4H3,(H,15,16). The molecule has 1 heterocycles. The largest absolute Gasteiger partial charge is 0.316 e. The molecule has 1 aliphatic heterocycles. The first-order chi connectivity index (χ1) is 7.94. The van der Waals surface area contributed by atoms with E-state index in [0.717, 1.165) is 25.9 Å². The zero-order valence-electron chi connectivity index (χ0n) is 11.5. The van der Waals surface area contributed by atoms with Crippen molar-refractivity contribution in [1.29, 1.82) is 0 Å². The van der Waals surface area contributed by atoms with Crippen LogP contribution >= 0.6 is 0 Å². The first-order valence-corrected chi connectivity index (χ1v) is 6.57. The van der Waals surface area contributed by atoms with Gasteiger partial charge in [-0.05, 0) is 37.8 Å². The highest BCUT2D eigenvalue weighted by molar-refractivity contribution is 5.81. The number of amides is 1. The van der Waals surface area contributed by atoms with Crippen LogP contribution < -0.4 is 10.8 Å². The van der Waals surface area contributed by atoms with Crippen LogP contribution in [0.3, 0.4) is 0 Å². The Labute approximate surface area is 104 Å². The van der Waals surface area contributed by atoms with Crippen molar-refractivity contribution in [2.75, 3.05) is 19.7 Å². The summed E-state index contributed by atoms with van der Waals surface area (Å²) in [6.45, 7) is 10.7. The Morgan fingerprint density at radius 3 is 2.76 bits per heavy atom. The summed E-state index contributed by atoms with van der Waals surface area (Å²) >= 11 is 0. The molecule has 0 aromatic heterocycles. The van der Waals surface area contributed by atoms with Gasteiger partial charge in [0.1, 0.15) is 0 Å². The molecule has 1 rings (SSSR count). The number of piperidine rings is 1. The number of hydrogen-bond acceptors (Lipinski definition) is 3. The molecular formula is C13H26N2O2. The van der Waals surface area contributed by atoms with E-state index in [9.17, 15) is 4.79 Å². The van der Waals surface area contributed by atoms with Gasteiger partial charge in [0.2, 0.25) is 5.91 Å². The minimum absolute atomic E-state index is 0.00755. The monoisotopic (exact) mass is 242 g/mol. The second kappa shape index (κ2) is 6.36. The summed E-state index contributed by atoms with van der Waals surface area (Å²) in [6, 6.07) is 0. The number of hydrogen-bond donors (Lipinski definition) is 2. The topological polar surface area (TPSA) is 50.4 Å². The summed E-state index contributed by atoms with van der Waals surface area (Å²) in [5.41, 5.74) is 2.21. The van der Waals surface area contributed by atoms with Crippen LogP contribution in [0.4, 0.5) is 0 Å². The van der Waals surface area contributed by atoms with E-state index in [1.54, 1.807) is 0 Å². The van der Waals surface area contributed by atoms with Gasteiger partial charge in [0.05, 0.1) is 6.61 Å². The summed E-state index contributed by atoms with van der Waals surface area (Å²) in [7, 11) is 0. The van der Waals surface area contributed by atoms with Gasteiger partial charge in [0, 0.05) is 5.41 Å². The fraction of sp³-hybridized carbons (Fsp3) is 0.923. The molecule has 1 unspecified atom stereocenters. The minimum atomic E-state index is -0.371. The van der Waals surface area contributed by atoms with Gasteiger partial charge in [-0.3, -0.25) is 9.63 Å². The lowest BCUT2D eigenvalue weighted by atomic mass is 9.74. The SMILES string of the molecule is CC(C)CONC(=O)C(C)(C)C1CCCNC1. The van der Waals surface area contributed by atoms with Crippen molar-refractivity contribution in [3.63, 3.8) is 0 Å². The van der Waals surface area contributed by atoms with E-state index in [1.165, 1.54) is 0 Å². The van der Waals surface area contributed by atoms with Gasteiger partial charge in [-0.25, -0.2) is 5.48 Å². The normalized spacial score (nSPS) is 21.6. The maximum Gasteiger partial charge on any atom is 0.249 e. The Balaban J connectivity index is 2.41. The molecule has 0 aliphatic carbocycles. The van der Waals surface area contributed by atoms with Gasteiger partial charge in [-0.2, -0.15) is 0 Å². The number of nitrogens with one attached hydrogen (secondary N) is 2. The van der Waals surface area contributed by atoms with E-state index in [2.05, 4.69) is 24.6 Å². The second-order valence-corrected chi connectivity index (χ2v) is 5.90. The fourth-order valence-corrected chi connectivity index (χ4v) is 2.06. The molecule has 1 fully saturated rings. The molecule has 17 heavy (non-hydrogen) atoms. The predicted octanol–water partition coefficient (Wildman–Crippen LogP) is 1.72. The quantitative estimate of drug-likeness (QED) is 0.722. The molecule has 2 N–H and O–H groups in total. The Hall–Kier alpha value is -0.610. The molecule has 0 spiro atoms. The molecule has 1 atom stereocenters. The number of hydroxylamine groups is 1. The van der Waals surface area contributed by atoms with E-state index in [-0.39, 0.29) is 11.3 Å². The molecule has 4 nitrogen and oxygen atoms in total. The molecule has 0 radical (unpaired) electrons. The van der Waals surface area contributed by atoms with E-state index in [1.807, 2.05) is 13.8 Å². The second-order valence-electron chi connectivity index (χ2n) is 5.90. The highest BCUT2D eigenvalue weighted by Crippen LogP contribution is 2.31. The van der Waals surface area contributed by atoms with Crippen molar-refractivity contribution in [3.8, 4) is 0 Å². The zero-order valence-corrected chi connectivity index (χ0v) is 11.5. The fourth-order valence-electron chi connectivity index (χ4n) is 2.06. The lowest BCUT2D eigenvalue weighted by Gasteiger charge is -2.35. The van der Waals surface area contributed by atoms with Gasteiger partial charge in [-0.15, -0.1) is 0 Å². The summed E-state index contributed by atoms with van der Waals surface area (Å²) in [6.07, 6.45) is 2.26. The molecule has 1 amide bonds. The van der Waals surface area contributed by atoms with Crippen molar-refractivity contribution in [1.82, 2.24) is 10.8 Å². The van der Waals surface area contributed by atoms with Crippen molar-refractivity contribution in [2.45, 2.75) is 40.5 Å². The summed E-state index contributed by atoms with van der Waals surface area (Å²) in [5.74, 6) is 0.806. The van der Waals surface area contributed by atoms with Crippen LogP contribution in [0, 0.1) is 17.3 Å². The predicted molar refractivity (Wildman–Crippen MR) is 68.3 cm³/mol. The van der Waals surface area contributed by atoms with Crippen LogP contribution in [-0.2, 0) is 9.63 Å². The first kappa shape index (κ1) is 14.5. The summed E-state index contributed by atoms with van der Waals surface area (Å²) in [5, 5.41) is 3.35. The van der Waals surface area contributed by atoms with E-state index < -0.39 is 0 Å². The average molecular weight is 242 g/mol. The van der Waals surface area contributed by atoms with Crippen LogP contribution in [-0.4, -0.2) is 25.6 Å². The van der Waals surface area contributed by atoms with Crippen molar-refractivity contribution in [2.24, 2.45) is 17.3 Å². The maximum atomic E-state index is 12.1. The number of carbonyl (C=O) groups excluding carboxylic acids is 1. The van der Waals surface area contributed by atoms with Gasteiger partial charge >= 0.3 is 0 Å². The van der Waals surface area contributed by atoms with Crippen LogP contribution in [0.5, 0.6) is 0 Å². The average Bonchev–Trinajstić information content (AvgIpc) is 2.29. The maximum absolute atomic E-state index is 12.1. The molecule has 1 aliphatic rings. The van der Waals surface area contributed by atoms with Gasteiger partial charge in [-0.1, -0.05) is 27.7 Å². The smallest absolute Gasteiger partial charge is 0.249 e. The van der Waals surface area contributed by atoms with E-state index in [0.29, 0.717) is 18.4 Å². The highest BCUT2D eigenvalue weighted by Gasteiger charge is 2.37. The molecule has 4 heteroatoms. The molecule has 0 bridgehead atoms. The number of rotatable bonds is 5. The lowest BCUT2D eigenvalue weighted by molar-refractivity contribution is -0.146. The first-order valence-electron chi connectivity index (χ1n) is 6.57. The molecule has 1 saturated heterocycles. The molecule has 100 valence electrons. The minimum Gasteiger partial charge on any atom is -0.316 e. The lowest BCUT2D eigenvalue weighted by Crippen LogP contribution is -2.47. The van der Waals surface area contributed by atoms with Gasteiger partial charge in [0.15, 0.2) is 0 Å². The molecule has 0 saturated carbocycles. The van der Waals surface area contributed by atoms with E-state index >= 15 is 0 Å². The van der Waals surface area contributed by atoms with Crippen LogP contribution in [0.25, 0.3) is 0 Å². The van der Waals surface area contributed by atoms with Crippen molar-refractivity contribution in [3.05, 3.63) is 0 Å². The van der Waals surface area contributed by atoms with Crippen LogP contribution in [0.1, 0.15) is 40.5 Å². The Morgan fingerprint density at radius 2 is 2.24 bits per heavy atom. The third kappa shape index (κ3) is 4.28. The number of carbonyl (C=O) groups is 1. The molecule has 0 aromatic carbocycles. The Kier molecular flexibility index (Phi) is 5.40.